The lowest BCUT2D eigenvalue weighted by molar-refractivity contribution is 0.0996. The van der Waals surface area contributed by atoms with E-state index >= 15 is 0 Å². The number of benzene rings is 3. The van der Waals surface area contributed by atoms with Crippen molar-refractivity contribution in [2.75, 3.05) is 42.6 Å². The Balaban J connectivity index is 1.32. The van der Waals surface area contributed by atoms with Crippen LogP contribution in [0.5, 0.6) is 11.5 Å². The molecule has 4 rings (SSSR count). The van der Waals surface area contributed by atoms with Gasteiger partial charge in [-0.05, 0) is 67.3 Å². The molecule has 242 valence electrons. The maximum atomic E-state index is 14.4. The molecule has 3 N–H and O–H groups in total. The Bertz CT molecular complexity index is 1600. The summed E-state index contributed by atoms with van der Waals surface area (Å²) in [5.41, 5.74) is 6.04. The van der Waals surface area contributed by atoms with Crippen LogP contribution in [-0.2, 0) is 16.6 Å². The number of sulfonamides is 1. The minimum atomic E-state index is -3.35. The first-order chi connectivity index (χ1) is 21.3. The molecular weight excluding hydrogens is 604 g/mol. The van der Waals surface area contributed by atoms with E-state index in [0.717, 1.165) is 63.2 Å². The van der Waals surface area contributed by atoms with Crippen molar-refractivity contribution in [3.05, 3.63) is 83.4 Å². The number of hydrogen-bond donors (Lipinski definition) is 2. The van der Waals surface area contributed by atoms with Crippen molar-refractivity contribution in [3.63, 3.8) is 0 Å². The van der Waals surface area contributed by atoms with Crippen molar-refractivity contribution in [2.24, 2.45) is 5.73 Å². The van der Waals surface area contributed by atoms with Crippen LogP contribution < -0.4 is 20.1 Å². The number of primary amides is 1. The van der Waals surface area contributed by atoms with Crippen LogP contribution in [-0.4, -0.2) is 69.1 Å². The molecule has 1 saturated heterocycles. The SMILES string of the molecule is CCCCN(C(=O)Nc1cc(C(N)=O)c(F)cc1F)C1CCN(Cc2ccc(Oc3ccc(N(C)S(C)(=O)=O)cc3)cc2)CC1. The van der Waals surface area contributed by atoms with Gasteiger partial charge in [0.05, 0.1) is 23.2 Å². The van der Waals surface area contributed by atoms with Gasteiger partial charge in [-0.25, -0.2) is 22.0 Å². The summed E-state index contributed by atoms with van der Waals surface area (Å²) in [5, 5.41) is 2.51. The average Bonchev–Trinajstić information content (AvgIpc) is 3.00. The Morgan fingerprint density at radius 1 is 1.00 bits per heavy atom. The van der Waals surface area contributed by atoms with Gasteiger partial charge in [0.25, 0.3) is 5.91 Å². The Kier molecular flexibility index (Phi) is 11.0. The van der Waals surface area contributed by atoms with Crippen molar-refractivity contribution < 1.29 is 31.5 Å². The number of carbonyl (C=O) groups excluding carboxylic acids is 2. The average molecular weight is 644 g/mol. The lowest BCUT2D eigenvalue weighted by atomic mass is 10.0. The lowest BCUT2D eigenvalue weighted by Crippen LogP contribution is -2.49. The predicted molar refractivity (Wildman–Crippen MR) is 170 cm³/mol. The molecule has 1 fully saturated rings. The molecule has 0 aromatic heterocycles. The topological polar surface area (TPSA) is 125 Å². The van der Waals surface area contributed by atoms with Crippen LogP contribution in [0.15, 0.2) is 60.7 Å². The molecule has 10 nitrogen and oxygen atoms in total. The number of urea groups is 1. The van der Waals surface area contributed by atoms with Crippen molar-refractivity contribution in [1.29, 1.82) is 0 Å². The molecule has 3 aromatic carbocycles. The van der Waals surface area contributed by atoms with Crippen LogP contribution in [0.25, 0.3) is 0 Å². The third-order valence-corrected chi connectivity index (χ3v) is 9.04. The summed E-state index contributed by atoms with van der Waals surface area (Å²) < 4.78 is 58.9. The normalized spacial score (nSPS) is 14.2. The molecule has 0 radical (unpaired) electrons. The summed E-state index contributed by atoms with van der Waals surface area (Å²) in [6, 6.07) is 15.5. The fourth-order valence-corrected chi connectivity index (χ4v) is 5.67. The van der Waals surface area contributed by atoms with Gasteiger partial charge < -0.3 is 20.7 Å². The number of carbonyl (C=O) groups is 2. The number of halogens is 2. The molecule has 1 heterocycles. The molecule has 0 unspecified atom stereocenters. The smallest absolute Gasteiger partial charge is 0.322 e. The number of unbranched alkanes of at least 4 members (excludes halogenated alkanes) is 1. The van der Waals surface area contributed by atoms with Gasteiger partial charge in [0.1, 0.15) is 23.1 Å². The second kappa shape index (κ2) is 14.7. The van der Waals surface area contributed by atoms with Crippen molar-refractivity contribution in [1.82, 2.24) is 9.80 Å². The summed E-state index contributed by atoms with van der Waals surface area (Å²) in [6.07, 6.45) is 4.23. The van der Waals surface area contributed by atoms with Gasteiger partial charge in [-0.2, -0.15) is 0 Å². The summed E-state index contributed by atoms with van der Waals surface area (Å²) in [7, 11) is -1.85. The zero-order valence-corrected chi connectivity index (χ0v) is 26.4. The number of nitrogens with two attached hydrogens (primary N) is 1. The molecule has 0 saturated carbocycles. The third-order valence-electron chi connectivity index (χ3n) is 7.84. The predicted octanol–water partition coefficient (Wildman–Crippen LogP) is 5.55. The van der Waals surface area contributed by atoms with Crippen LogP contribution in [0.1, 0.15) is 48.5 Å². The summed E-state index contributed by atoms with van der Waals surface area (Å²) >= 11 is 0. The molecule has 1 aliphatic heterocycles. The van der Waals surface area contributed by atoms with Crippen LogP contribution >= 0.6 is 0 Å². The van der Waals surface area contributed by atoms with E-state index in [9.17, 15) is 26.8 Å². The highest BCUT2D eigenvalue weighted by Gasteiger charge is 2.28. The van der Waals surface area contributed by atoms with Crippen molar-refractivity contribution in [2.45, 2.75) is 45.2 Å². The number of nitrogens with zero attached hydrogens (tertiary/aromatic N) is 3. The quantitative estimate of drug-likeness (QED) is 0.267. The van der Waals surface area contributed by atoms with Gasteiger partial charge in [0.15, 0.2) is 0 Å². The van der Waals surface area contributed by atoms with Crippen LogP contribution in [0.2, 0.25) is 0 Å². The van der Waals surface area contributed by atoms with E-state index in [1.807, 2.05) is 31.2 Å². The maximum absolute atomic E-state index is 14.4. The Morgan fingerprint density at radius 2 is 1.60 bits per heavy atom. The number of piperidine rings is 1. The highest BCUT2D eigenvalue weighted by atomic mass is 32.2. The second-order valence-electron chi connectivity index (χ2n) is 11.1. The molecule has 0 aliphatic carbocycles. The molecular formula is C32H39F2N5O5S. The molecule has 0 spiro atoms. The fourth-order valence-electron chi connectivity index (χ4n) is 5.16. The van der Waals surface area contributed by atoms with Crippen molar-refractivity contribution in [3.8, 4) is 11.5 Å². The molecule has 45 heavy (non-hydrogen) atoms. The van der Waals surface area contributed by atoms with Gasteiger partial charge in [-0.15, -0.1) is 0 Å². The Labute approximate surface area is 262 Å². The Morgan fingerprint density at radius 3 is 2.16 bits per heavy atom. The molecule has 13 heteroatoms. The largest absolute Gasteiger partial charge is 0.457 e. The van der Waals surface area contributed by atoms with Crippen LogP contribution in [0, 0.1) is 11.6 Å². The monoisotopic (exact) mass is 643 g/mol. The number of anilines is 2. The first-order valence-corrected chi connectivity index (χ1v) is 16.6. The minimum absolute atomic E-state index is 0.0636. The van der Waals surface area contributed by atoms with Gasteiger partial charge in [0.2, 0.25) is 10.0 Å². The number of likely N-dealkylation sites (tertiary alicyclic amines) is 1. The van der Waals surface area contributed by atoms with Gasteiger partial charge >= 0.3 is 6.03 Å². The Hall–Kier alpha value is -4.23. The third kappa shape index (κ3) is 8.92. The first kappa shape index (κ1) is 33.7. The van der Waals surface area contributed by atoms with E-state index in [0.29, 0.717) is 29.8 Å². The van der Waals surface area contributed by atoms with Gasteiger partial charge in [-0.1, -0.05) is 25.5 Å². The molecule has 1 aliphatic rings. The number of hydrogen-bond acceptors (Lipinski definition) is 6. The minimum Gasteiger partial charge on any atom is -0.457 e. The standard InChI is InChI=1S/C32H39F2N5O5S/c1-4-5-16-39(32(41)36-30-19-27(31(35)40)28(33)20-29(30)34)24-14-17-38(18-15-24)21-22-6-10-25(11-7-22)44-26-12-8-23(9-13-26)37(2)45(3,42)43/h6-13,19-20,24H,4-5,14-18,21H2,1-3H3,(H2,35,40)(H,36,41). The summed E-state index contributed by atoms with van der Waals surface area (Å²) in [5.74, 6) is -1.88. The zero-order valence-electron chi connectivity index (χ0n) is 25.6. The number of nitrogens with one attached hydrogen (secondary N) is 1. The lowest BCUT2D eigenvalue weighted by Gasteiger charge is -2.38. The highest BCUT2D eigenvalue weighted by molar-refractivity contribution is 7.92. The van der Waals surface area contributed by atoms with Crippen LogP contribution in [0.3, 0.4) is 0 Å². The van der Waals surface area contributed by atoms with E-state index in [1.54, 1.807) is 29.2 Å². The summed E-state index contributed by atoms with van der Waals surface area (Å²) in [6.45, 7) is 4.73. The van der Waals surface area contributed by atoms with Crippen LogP contribution in [0.4, 0.5) is 25.0 Å². The van der Waals surface area contributed by atoms with E-state index in [1.165, 1.54) is 11.4 Å². The molecule has 0 atom stereocenters. The number of amides is 3. The van der Waals surface area contributed by atoms with E-state index in [4.69, 9.17) is 10.5 Å². The van der Waals surface area contributed by atoms with Crippen molar-refractivity contribution >= 4 is 33.3 Å². The van der Waals surface area contributed by atoms with E-state index < -0.39 is 39.2 Å². The van der Waals surface area contributed by atoms with E-state index in [-0.39, 0.29) is 11.7 Å². The maximum Gasteiger partial charge on any atom is 0.322 e. The number of rotatable bonds is 12. The highest BCUT2D eigenvalue weighted by Crippen LogP contribution is 2.27. The van der Waals surface area contributed by atoms with E-state index in [2.05, 4.69) is 10.2 Å². The van der Waals surface area contributed by atoms with Gasteiger partial charge in [0, 0.05) is 45.3 Å². The zero-order chi connectivity index (χ0) is 32.7. The molecule has 0 bridgehead atoms. The van der Waals surface area contributed by atoms with Gasteiger partial charge in [-0.3, -0.25) is 14.0 Å². The second-order valence-corrected chi connectivity index (χ2v) is 13.1. The number of ether oxygens (including phenoxy) is 1. The molecule has 3 amide bonds. The first-order valence-electron chi connectivity index (χ1n) is 14.7. The molecule has 3 aromatic rings. The fraction of sp³-hybridized carbons (Fsp3) is 0.375. The summed E-state index contributed by atoms with van der Waals surface area (Å²) in [4.78, 5) is 28.8.